The zero-order valence-corrected chi connectivity index (χ0v) is 10.1. The molecule has 1 heterocycles. The van der Waals surface area contributed by atoms with Gasteiger partial charge in [0.2, 0.25) is 5.39 Å². The molecule has 6 heteroatoms. The van der Waals surface area contributed by atoms with Gasteiger partial charge in [-0.15, -0.1) is 0 Å². The van der Waals surface area contributed by atoms with Crippen LogP contribution in [0.15, 0.2) is 18.2 Å². The van der Waals surface area contributed by atoms with Crippen molar-refractivity contribution in [1.82, 2.24) is 0 Å². The molecular formula is C12H15BFN2O2+. The first-order chi connectivity index (χ1) is 8.79. The molecule has 1 fully saturated rings. The molecule has 18 heavy (non-hydrogen) atoms. The van der Waals surface area contributed by atoms with Crippen LogP contribution in [0.25, 0.3) is 4.98 Å². The molecular weight excluding hydrogens is 234 g/mol. The standard InChI is InChI=1S/C12H15BFN2O2/c14-11-4-5-12(16-15)10(8-11)9-18-13-6-2-1-3-7-17-13/h4-5,8H,1-3,6-7,9H2/q+1. The molecule has 0 atom stereocenters. The summed E-state index contributed by atoms with van der Waals surface area (Å²) in [4.78, 5) is 3.11. The van der Waals surface area contributed by atoms with Crippen molar-refractivity contribution in [2.45, 2.75) is 32.2 Å². The van der Waals surface area contributed by atoms with E-state index in [0.29, 0.717) is 17.9 Å². The fraction of sp³-hybridized carbons (Fsp3) is 0.500. The SMILES string of the molecule is N#[N+]c1ccc(F)cc1COB1CCCCCO1. The van der Waals surface area contributed by atoms with Crippen molar-refractivity contribution in [1.29, 1.82) is 5.39 Å². The molecule has 0 amide bonds. The molecule has 0 saturated carbocycles. The minimum Gasteiger partial charge on any atom is -0.411 e. The highest BCUT2D eigenvalue weighted by atomic mass is 19.1. The topological polar surface area (TPSA) is 46.6 Å². The Kier molecular flexibility index (Phi) is 4.68. The molecule has 0 aliphatic carbocycles. The second-order valence-electron chi connectivity index (χ2n) is 4.33. The third-order valence-corrected chi connectivity index (χ3v) is 2.96. The fourth-order valence-electron chi connectivity index (χ4n) is 1.97. The molecule has 2 rings (SSSR count). The van der Waals surface area contributed by atoms with E-state index in [1.807, 2.05) is 0 Å². The highest BCUT2D eigenvalue weighted by Gasteiger charge is 2.22. The first kappa shape index (κ1) is 13.0. The van der Waals surface area contributed by atoms with E-state index in [1.54, 1.807) is 0 Å². The molecule has 0 bridgehead atoms. The van der Waals surface area contributed by atoms with E-state index >= 15 is 0 Å². The van der Waals surface area contributed by atoms with Gasteiger partial charge < -0.3 is 9.31 Å². The average molecular weight is 249 g/mol. The highest BCUT2D eigenvalue weighted by Crippen LogP contribution is 2.22. The smallest absolute Gasteiger partial charge is 0.411 e. The molecule has 0 N–H and O–H groups in total. The van der Waals surface area contributed by atoms with Gasteiger partial charge in [-0.1, -0.05) is 12.8 Å². The molecule has 0 spiro atoms. The molecule has 4 nitrogen and oxygen atoms in total. The van der Waals surface area contributed by atoms with Crippen LogP contribution in [0.1, 0.15) is 24.8 Å². The Bertz CT molecular complexity index is 442. The van der Waals surface area contributed by atoms with Crippen molar-refractivity contribution in [3.8, 4) is 0 Å². The lowest BCUT2D eigenvalue weighted by Gasteiger charge is -2.10. The summed E-state index contributed by atoms with van der Waals surface area (Å²) in [5.41, 5.74) is 0.843. The Balaban J connectivity index is 1.96. The van der Waals surface area contributed by atoms with Gasteiger partial charge in [-0.3, -0.25) is 0 Å². The van der Waals surface area contributed by atoms with E-state index in [0.717, 1.165) is 25.6 Å². The van der Waals surface area contributed by atoms with Crippen LogP contribution >= 0.6 is 0 Å². The molecule has 0 aromatic heterocycles. The van der Waals surface area contributed by atoms with Crippen molar-refractivity contribution in [3.63, 3.8) is 0 Å². The Labute approximate surface area is 106 Å². The molecule has 1 aliphatic heterocycles. The van der Waals surface area contributed by atoms with Crippen LogP contribution in [0.2, 0.25) is 6.32 Å². The maximum absolute atomic E-state index is 13.1. The van der Waals surface area contributed by atoms with Crippen molar-refractivity contribution in [3.05, 3.63) is 34.6 Å². The number of rotatable bonds is 3. The summed E-state index contributed by atoms with van der Waals surface area (Å²) in [5, 5.41) is 8.81. The van der Waals surface area contributed by atoms with Gasteiger partial charge in [-0.05, 0) is 24.9 Å². The van der Waals surface area contributed by atoms with Crippen molar-refractivity contribution in [2.75, 3.05) is 6.61 Å². The lowest BCUT2D eigenvalue weighted by Crippen LogP contribution is -2.21. The number of nitrogens with zero attached hydrogens (tertiary/aromatic N) is 2. The van der Waals surface area contributed by atoms with Gasteiger partial charge in [0.1, 0.15) is 5.82 Å². The quantitative estimate of drug-likeness (QED) is 0.608. The summed E-state index contributed by atoms with van der Waals surface area (Å²) >= 11 is 0. The second-order valence-corrected chi connectivity index (χ2v) is 4.33. The maximum atomic E-state index is 13.1. The van der Waals surface area contributed by atoms with Crippen LogP contribution in [-0.2, 0) is 15.9 Å². The Morgan fingerprint density at radius 1 is 1.39 bits per heavy atom. The number of diazo groups is 1. The van der Waals surface area contributed by atoms with Crippen LogP contribution in [-0.4, -0.2) is 13.7 Å². The molecule has 1 aromatic rings. The first-order valence-electron chi connectivity index (χ1n) is 6.16. The van der Waals surface area contributed by atoms with Crippen LogP contribution in [0.4, 0.5) is 10.1 Å². The predicted octanol–water partition coefficient (Wildman–Crippen LogP) is 3.52. The highest BCUT2D eigenvalue weighted by molar-refractivity contribution is 6.44. The van der Waals surface area contributed by atoms with Gasteiger partial charge in [0.25, 0.3) is 0 Å². The Morgan fingerprint density at radius 2 is 2.28 bits per heavy atom. The van der Waals surface area contributed by atoms with Crippen LogP contribution in [0.5, 0.6) is 0 Å². The van der Waals surface area contributed by atoms with Gasteiger partial charge in [-0.2, -0.15) is 0 Å². The molecule has 1 aromatic carbocycles. The van der Waals surface area contributed by atoms with E-state index in [9.17, 15) is 4.39 Å². The third kappa shape index (κ3) is 3.52. The summed E-state index contributed by atoms with van der Waals surface area (Å²) < 4.78 is 24.2. The largest absolute Gasteiger partial charge is 0.457 e. The Hall–Kier alpha value is -1.45. The first-order valence-corrected chi connectivity index (χ1v) is 6.16. The Morgan fingerprint density at radius 3 is 3.11 bits per heavy atom. The lowest BCUT2D eigenvalue weighted by atomic mass is 9.83. The van der Waals surface area contributed by atoms with Crippen molar-refractivity contribution >= 4 is 12.8 Å². The van der Waals surface area contributed by atoms with E-state index in [-0.39, 0.29) is 19.5 Å². The molecule has 0 radical (unpaired) electrons. The van der Waals surface area contributed by atoms with E-state index in [1.165, 1.54) is 18.2 Å². The number of hydrogen-bond donors (Lipinski definition) is 0. The molecule has 1 aliphatic rings. The maximum Gasteiger partial charge on any atom is 0.457 e. The summed E-state index contributed by atoms with van der Waals surface area (Å²) in [5.74, 6) is -0.372. The minimum atomic E-state index is -0.372. The van der Waals surface area contributed by atoms with Gasteiger partial charge in [-0.25, -0.2) is 4.39 Å². The van der Waals surface area contributed by atoms with Crippen LogP contribution in [0.3, 0.4) is 0 Å². The van der Waals surface area contributed by atoms with Gasteiger partial charge in [0.05, 0.1) is 12.2 Å². The van der Waals surface area contributed by atoms with Gasteiger partial charge >= 0.3 is 12.8 Å². The lowest BCUT2D eigenvalue weighted by molar-refractivity contribution is 0.194. The van der Waals surface area contributed by atoms with E-state index in [4.69, 9.17) is 14.7 Å². The number of benzene rings is 1. The zero-order chi connectivity index (χ0) is 12.8. The van der Waals surface area contributed by atoms with Crippen LogP contribution < -0.4 is 0 Å². The molecule has 0 unspecified atom stereocenters. The normalized spacial score (nSPS) is 16.1. The molecule has 94 valence electrons. The minimum absolute atomic E-state index is 0.182. The van der Waals surface area contributed by atoms with Gasteiger partial charge in [0.15, 0.2) is 4.98 Å². The summed E-state index contributed by atoms with van der Waals surface area (Å²) in [6.45, 7) is 0.882. The summed E-state index contributed by atoms with van der Waals surface area (Å²) in [6, 6.07) is 3.98. The van der Waals surface area contributed by atoms with Crippen molar-refractivity contribution < 1.29 is 13.7 Å². The fourth-order valence-corrected chi connectivity index (χ4v) is 1.97. The number of hydrogen-bond acceptors (Lipinski definition) is 3. The third-order valence-electron chi connectivity index (χ3n) is 2.96. The number of halogens is 1. The van der Waals surface area contributed by atoms with Crippen molar-refractivity contribution in [2.24, 2.45) is 0 Å². The zero-order valence-electron chi connectivity index (χ0n) is 10.1. The van der Waals surface area contributed by atoms with Crippen LogP contribution in [0, 0.1) is 11.2 Å². The predicted molar refractivity (Wildman–Crippen MR) is 66.3 cm³/mol. The van der Waals surface area contributed by atoms with E-state index < -0.39 is 0 Å². The van der Waals surface area contributed by atoms with E-state index in [2.05, 4.69) is 4.98 Å². The molecule has 1 saturated heterocycles. The van der Waals surface area contributed by atoms with Gasteiger partial charge in [0, 0.05) is 12.7 Å². The summed E-state index contributed by atoms with van der Waals surface area (Å²) in [6.07, 6.45) is 4.13. The second kappa shape index (κ2) is 6.48. The monoisotopic (exact) mass is 249 g/mol. The average Bonchev–Trinajstić information content (AvgIpc) is 2.65. The summed E-state index contributed by atoms with van der Waals surface area (Å²) in [7, 11) is -0.248.